The molecule has 142 valence electrons. The summed E-state index contributed by atoms with van der Waals surface area (Å²) in [4.78, 5) is 11.0. The van der Waals surface area contributed by atoms with Crippen LogP contribution < -0.4 is 9.84 Å². The average molecular weight is 361 g/mol. The standard InChI is InChI=1S/C21H27FO4/c1-20(2,26-18-8-16(19(23)24)3-4-17(18)22)25-12-21-9-13-5-14(10-21)7-15(6-13)11-21/h3-4,8,13-15H,5-7,9-12H2,1-2H3,(H,23,24)/p-1. The zero-order valence-electron chi connectivity index (χ0n) is 15.4. The first-order valence-corrected chi connectivity index (χ1v) is 9.57. The van der Waals surface area contributed by atoms with Crippen molar-refractivity contribution in [3.63, 3.8) is 0 Å². The number of ether oxygens (including phenoxy) is 2. The number of aromatic carboxylic acids is 1. The molecule has 0 radical (unpaired) electrons. The van der Waals surface area contributed by atoms with Crippen molar-refractivity contribution in [2.45, 2.75) is 58.2 Å². The van der Waals surface area contributed by atoms with E-state index in [1.807, 2.05) is 0 Å². The molecule has 4 bridgehead atoms. The molecule has 4 nitrogen and oxygen atoms in total. The van der Waals surface area contributed by atoms with Gasteiger partial charge >= 0.3 is 0 Å². The Hall–Kier alpha value is -1.62. The maximum absolute atomic E-state index is 14.0. The number of carboxylic acid groups (broad SMARTS) is 1. The van der Waals surface area contributed by atoms with E-state index in [1.165, 1.54) is 44.6 Å². The number of carbonyl (C=O) groups excluding carboxylic acids is 1. The molecule has 1 aromatic rings. The molecule has 0 N–H and O–H groups in total. The molecule has 5 rings (SSSR count). The van der Waals surface area contributed by atoms with E-state index in [-0.39, 0.29) is 16.7 Å². The summed E-state index contributed by atoms with van der Waals surface area (Å²) in [5.74, 6) is -0.608. The first kappa shape index (κ1) is 17.8. The molecule has 26 heavy (non-hydrogen) atoms. The minimum Gasteiger partial charge on any atom is -0.545 e. The van der Waals surface area contributed by atoms with Crippen LogP contribution in [0.4, 0.5) is 4.39 Å². The number of carboxylic acids is 1. The number of rotatable bonds is 6. The number of benzene rings is 1. The Morgan fingerprint density at radius 2 is 1.77 bits per heavy atom. The van der Waals surface area contributed by atoms with E-state index in [4.69, 9.17) is 9.47 Å². The lowest BCUT2D eigenvalue weighted by Crippen LogP contribution is -2.49. The second-order valence-corrected chi connectivity index (χ2v) is 9.14. The van der Waals surface area contributed by atoms with Crippen LogP contribution in [-0.2, 0) is 4.74 Å². The molecule has 1 aromatic carbocycles. The maximum Gasteiger partial charge on any atom is 0.205 e. The minimum absolute atomic E-state index is 0.113. The predicted molar refractivity (Wildman–Crippen MR) is 92.0 cm³/mol. The van der Waals surface area contributed by atoms with Crippen LogP contribution in [-0.4, -0.2) is 18.4 Å². The van der Waals surface area contributed by atoms with Crippen molar-refractivity contribution in [1.82, 2.24) is 0 Å². The van der Waals surface area contributed by atoms with Crippen LogP contribution in [0.5, 0.6) is 5.75 Å². The van der Waals surface area contributed by atoms with Gasteiger partial charge < -0.3 is 19.4 Å². The van der Waals surface area contributed by atoms with Gasteiger partial charge in [-0.1, -0.05) is 0 Å². The Labute approximate surface area is 153 Å². The third-order valence-corrected chi connectivity index (χ3v) is 6.41. The van der Waals surface area contributed by atoms with Gasteiger partial charge in [0.2, 0.25) is 5.79 Å². The second-order valence-electron chi connectivity index (χ2n) is 9.14. The summed E-state index contributed by atoms with van der Waals surface area (Å²) < 4.78 is 25.8. The number of hydrogen-bond acceptors (Lipinski definition) is 4. The molecule has 0 aliphatic heterocycles. The summed E-state index contributed by atoms with van der Waals surface area (Å²) in [5, 5.41) is 11.0. The van der Waals surface area contributed by atoms with Crippen LogP contribution in [0.25, 0.3) is 0 Å². The lowest BCUT2D eigenvalue weighted by atomic mass is 9.50. The van der Waals surface area contributed by atoms with E-state index in [2.05, 4.69) is 0 Å². The molecule has 4 aliphatic rings. The summed E-state index contributed by atoms with van der Waals surface area (Å²) in [5.41, 5.74) is 0.124. The van der Waals surface area contributed by atoms with E-state index >= 15 is 0 Å². The highest BCUT2D eigenvalue weighted by Crippen LogP contribution is 2.60. The lowest BCUT2D eigenvalue weighted by Gasteiger charge is -2.57. The molecular formula is C21H26FO4-. The molecule has 0 heterocycles. The van der Waals surface area contributed by atoms with Crippen molar-refractivity contribution in [2.75, 3.05) is 6.61 Å². The van der Waals surface area contributed by atoms with Crippen molar-refractivity contribution >= 4 is 5.97 Å². The first-order valence-electron chi connectivity index (χ1n) is 9.57. The van der Waals surface area contributed by atoms with Crippen molar-refractivity contribution in [3.05, 3.63) is 29.6 Å². The minimum atomic E-state index is -1.36. The van der Waals surface area contributed by atoms with Gasteiger partial charge in [-0.15, -0.1) is 0 Å². The van der Waals surface area contributed by atoms with E-state index in [0.717, 1.165) is 29.9 Å². The van der Waals surface area contributed by atoms with Crippen molar-refractivity contribution < 1.29 is 23.8 Å². The zero-order valence-corrected chi connectivity index (χ0v) is 15.4. The van der Waals surface area contributed by atoms with Gasteiger partial charge in [0, 0.05) is 19.4 Å². The van der Waals surface area contributed by atoms with E-state index < -0.39 is 17.6 Å². The van der Waals surface area contributed by atoms with Crippen molar-refractivity contribution in [1.29, 1.82) is 0 Å². The number of halogens is 1. The Morgan fingerprint density at radius 3 is 2.31 bits per heavy atom. The topological polar surface area (TPSA) is 58.6 Å². The monoisotopic (exact) mass is 361 g/mol. The van der Waals surface area contributed by atoms with Crippen LogP contribution >= 0.6 is 0 Å². The predicted octanol–water partition coefficient (Wildman–Crippen LogP) is 3.54. The number of hydrogen-bond donors (Lipinski definition) is 0. The van der Waals surface area contributed by atoms with Gasteiger partial charge in [-0.05, 0) is 79.9 Å². The first-order chi connectivity index (χ1) is 12.2. The summed E-state index contributed by atoms with van der Waals surface area (Å²) >= 11 is 0. The second kappa shape index (κ2) is 6.22. The quantitative estimate of drug-likeness (QED) is 0.727. The highest BCUT2D eigenvalue weighted by atomic mass is 19.1. The summed E-state index contributed by atoms with van der Waals surface area (Å²) in [6.45, 7) is 4.11. The molecule has 4 aliphatic carbocycles. The summed E-state index contributed by atoms with van der Waals surface area (Å²) in [6, 6.07) is 3.40. The molecule has 0 spiro atoms. The summed E-state index contributed by atoms with van der Waals surface area (Å²) in [7, 11) is 0. The normalized spacial score (nSPS) is 32.7. The molecular weight excluding hydrogens is 335 g/mol. The fourth-order valence-electron chi connectivity index (χ4n) is 5.80. The van der Waals surface area contributed by atoms with Gasteiger partial charge in [-0.25, -0.2) is 4.39 Å². The molecule has 0 aromatic heterocycles. The Balaban J connectivity index is 1.43. The van der Waals surface area contributed by atoms with Crippen molar-refractivity contribution in [2.24, 2.45) is 23.2 Å². The van der Waals surface area contributed by atoms with Gasteiger partial charge in [0.15, 0.2) is 11.6 Å². The Bertz CT molecular complexity index is 677. The smallest absolute Gasteiger partial charge is 0.205 e. The fraction of sp³-hybridized carbons (Fsp3) is 0.667. The zero-order chi connectivity index (χ0) is 18.5. The Morgan fingerprint density at radius 1 is 1.19 bits per heavy atom. The van der Waals surface area contributed by atoms with Gasteiger partial charge in [-0.3, -0.25) is 0 Å². The van der Waals surface area contributed by atoms with Gasteiger partial charge in [0.05, 0.1) is 12.6 Å². The maximum atomic E-state index is 14.0. The molecule has 0 amide bonds. The largest absolute Gasteiger partial charge is 0.545 e. The molecule has 4 saturated carbocycles. The van der Waals surface area contributed by atoms with Crippen LogP contribution in [0.1, 0.15) is 62.7 Å². The average Bonchev–Trinajstić information content (AvgIpc) is 2.54. The van der Waals surface area contributed by atoms with Crippen molar-refractivity contribution in [3.8, 4) is 5.75 Å². The molecule has 4 fully saturated rings. The fourth-order valence-corrected chi connectivity index (χ4v) is 5.80. The third-order valence-electron chi connectivity index (χ3n) is 6.41. The molecule has 0 unspecified atom stereocenters. The van der Waals surface area contributed by atoms with Gasteiger partial charge in [0.1, 0.15) is 0 Å². The van der Waals surface area contributed by atoms with E-state index in [0.29, 0.717) is 6.61 Å². The SMILES string of the molecule is CC(C)(OCC12CC3CC(CC(C3)C1)C2)Oc1cc(C(=O)[O-])ccc1F. The van der Waals surface area contributed by atoms with Crippen LogP contribution in [0.3, 0.4) is 0 Å². The Kier molecular flexibility index (Phi) is 4.25. The summed E-state index contributed by atoms with van der Waals surface area (Å²) in [6.07, 6.45) is 7.80. The van der Waals surface area contributed by atoms with Gasteiger partial charge in [0.25, 0.3) is 0 Å². The highest BCUT2D eigenvalue weighted by Gasteiger charge is 2.51. The van der Waals surface area contributed by atoms with Crippen LogP contribution in [0, 0.1) is 29.0 Å². The highest BCUT2D eigenvalue weighted by molar-refractivity contribution is 5.86. The molecule has 0 atom stereocenters. The third kappa shape index (κ3) is 3.46. The molecule has 0 saturated heterocycles. The van der Waals surface area contributed by atoms with Crippen LogP contribution in [0.2, 0.25) is 0 Å². The number of carbonyl (C=O) groups is 1. The van der Waals surface area contributed by atoms with E-state index in [1.54, 1.807) is 13.8 Å². The molecule has 5 heteroatoms. The lowest BCUT2D eigenvalue weighted by molar-refractivity contribution is -0.255. The van der Waals surface area contributed by atoms with Gasteiger partial charge in [-0.2, -0.15) is 0 Å². The van der Waals surface area contributed by atoms with Crippen LogP contribution in [0.15, 0.2) is 18.2 Å². The van der Waals surface area contributed by atoms with E-state index in [9.17, 15) is 14.3 Å².